The van der Waals surface area contributed by atoms with Crippen molar-refractivity contribution in [1.82, 2.24) is 4.90 Å². The monoisotopic (exact) mass is 198 g/mol. The van der Waals surface area contributed by atoms with E-state index in [1.165, 1.54) is 32.2 Å². The molecule has 0 amide bonds. The van der Waals surface area contributed by atoms with Crippen molar-refractivity contribution in [2.75, 3.05) is 26.3 Å². The lowest BCUT2D eigenvalue weighted by Gasteiger charge is -2.39. The summed E-state index contributed by atoms with van der Waals surface area (Å²) >= 11 is 0. The lowest BCUT2D eigenvalue weighted by atomic mass is 9.97. The molecule has 0 aromatic carbocycles. The third-order valence-corrected chi connectivity index (χ3v) is 3.55. The van der Waals surface area contributed by atoms with Crippen LogP contribution >= 0.6 is 0 Å². The van der Waals surface area contributed by atoms with E-state index in [1.54, 1.807) is 0 Å². The fourth-order valence-electron chi connectivity index (χ4n) is 2.79. The number of nitrogens with two attached hydrogens (primary N) is 1. The van der Waals surface area contributed by atoms with Gasteiger partial charge < -0.3 is 10.5 Å². The third kappa shape index (κ3) is 2.27. The molecule has 0 aromatic rings. The molecule has 3 nitrogen and oxygen atoms in total. The van der Waals surface area contributed by atoms with Crippen LogP contribution in [0.15, 0.2) is 0 Å². The predicted octanol–water partition coefficient (Wildman–Crippen LogP) is 0.979. The minimum atomic E-state index is 0.687. The van der Waals surface area contributed by atoms with E-state index in [0.29, 0.717) is 6.04 Å². The number of likely N-dealkylation sites (tertiary alicyclic amines) is 1. The van der Waals surface area contributed by atoms with E-state index < -0.39 is 0 Å². The van der Waals surface area contributed by atoms with Gasteiger partial charge in [0, 0.05) is 18.7 Å². The summed E-state index contributed by atoms with van der Waals surface area (Å²) in [6, 6.07) is 1.42. The van der Waals surface area contributed by atoms with Gasteiger partial charge in [0.05, 0.1) is 6.61 Å². The Morgan fingerprint density at radius 2 is 2.21 bits per heavy atom. The Morgan fingerprint density at radius 1 is 1.29 bits per heavy atom. The normalized spacial score (nSPS) is 34.9. The van der Waals surface area contributed by atoms with Crippen molar-refractivity contribution < 1.29 is 4.74 Å². The molecule has 2 N–H and O–H groups in total. The predicted molar refractivity (Wildman–Crippen MR) is 57.2 cm³/mol. The molecule has 0 aromatic heterocycles. The number of hydrogen-bond donors (Lipinski definition) is 1. The van der Waals surface area contributed by atoms with E-state index in [1.807, 2.05) is 0 Å². The highest BCUT2D eigenvalue weighted by molar-refractivity contribution is 4.84. The molecule has 2 atom stereocenters. The molecule has 2 aliphatic heterocycles. The summed E-state index contributed by atoms with van der Waals surface area (Å²) in [5.41, 5.74) is 5.66. The van der Waals surface area contributed by atoms with Crippen LogP contribution in [0.2, 0.25) is 0 Å². The summed E-state index contributed by atoms with van der Waals surface area (Å²) in [6.45, 7) is 3.99. The molecule has 0 radical (unpaired) electrons. The van der Waals surface area contributed by atoms with Gasteiger partial charge in [0.15, 0.2) is 0 Å². The lowest BCUT2D eigenvalue weighted by Crippen LogP contribution is -2.47. The zero-order valence-corrected chi connectivity index (χ0v) is 8.95. The Hall–Kier alpha value is -0.120. The molecular formula is C11H22N2O. The minimum Gasteiger partial charge on any atom is -0.380 e. The van der Waals surface area contributed by atoms with Gasteiger partial charge in [-0.3, -0.25) is 4.90 Å². The quantitative estimate of drug-likeness (QED) is 0.734. The molecule has 82 valence electrons. The highest BCUT2D eigenvalue weighted by atomic mass is 16.5. The molecule has 2 fully saturated rings. The highest BCUT2D eigenvalue weighted by Gasteiger charge is 2.30. The Balaban J connectivity index is 1.91. The largest absolute Gasteiger partial charge is 0.380 e. The van der Waals surface area contributed by atoms with E-state index in [-0.39, 0.29) is 0 Å². The van der Waals surface area contributed by atoms with Crippen molar-refractivity contribution in [3.05, 3.63) is 0 Å². The van der Waals surface area contributed by atoms with Crippen molar-refractivity contribution in [2.24, 2.45) is 5.73 Å². The van der Waals surface area contributed by atoms with Crippen LogP contribution in [0, 0.1) is 0 Å². The van der Waals surface area contributed by atoms with E-state index in [0.717, 1.165) is 32.2 Å². The van der Waals surface area contributed by atoms with E-state index >= 15 is 0 Å². The summed E-state index contributed by atoms with van der Waals surface area (Å²) in [7, 11) is 0. The van der Waals surface area contributed by atoms with Crippen LogP contribution in [0.1, 0.15) is 32.1 Å². The standard InChI is InChI=1S/C11H22N2O/c12-6-4-10-3-1-2-7-13(10)11-5-8-14-9-11/h10-11H,1-9,12H2. The number of ether oxygens (including phenoxy) is 1. The second-order valence-corrected chi connectivity index (χ2v) is 4.48. The molecule has 14 heavy (non-hydrogen) atoms. The van der Waals surface area contributed by atoms with Crippen LogP contribution in [-0.4, -0.2) is 43.3 Å². The van der Waals surface area contributed by atoms with Crippen LogP contribution in [0.3, 0.4) is 0 Å². The number of piperidine rings is 1. The molecule has 0 saturated carbocycles. The topological polar surface area (TPSA) is 38.5 Å². The highest BCUT2D eigenvalue weighted by Crippen LogP contribution is 2.25. The zero-order valence-electron chi connectivity index (χ0n) is 8.95. The van der Waals surface area contributed by atoms with Crippen LogP contribution in [0.4, 0.5) is 0 Å². The van der Waals surface area contributed by atoms with Crippen molar-refractivity contribution in [2.45, 2.75) is 44.2 Å². The first kappa shape index (κ1) is 10.4. The van der Waals surface area contributed by atoms with E-state index in [9.17, 15) is 0 Å². The molecular weight excluding hydrogens is 176 g/mol. The van der Waals surface area contributed by atoms with Crippen molar-refractivity contribution >= 4 is 0 Å². The maximum atomic E-state index is 5.66. The smallest absolute Gasteiger partial charge is 0.0622 e. The van der Waals surface area contributed by atoms with Gasteiger partial charge in [0.2, 0.25) is 0 Å². The van der Waals surface area contributed by atoms with Gasteiger partial charge in [-0.1, -0.05) is 6.42 Å². The van der Waals surface area contributed by atoms with Gasteiger partial charge in [-0.25, -0.2) is 0 Å². The first-order valence-corrected chi connectivity index (χ1v) is 5.95. The number of rotatable bonds is 3. The summed E-state index contributed by atoms with van der Waals surface area (Å²) in [5.74, 6) is 0. The van der Waals surface area contributed by atoms with E-state index in [2.05, 4.69) is 4.90 Å². The van der Waals surface area contributed by atoms with Gasteiger partial charge in [0.25, 0.3) is 0 Å². The van der Waals surface area contributed by atoms with Crippen LogP contribution in [0.5, 0.6) is 0 Å². The average molecular weight is 198 g/mol. The first-order valence-electron chi connectivity index (χ1n) is 5.95. The second kappa shape index (κ2) is 5.10. The van der Waals surface area contributed by atoms with Crippen molar-refractivity contribution in [1.29, 1.82) is 0 Å². The summed E-state index contributed by atoms with van der Waals surface area (Å²) in [6.07, 6.45) is 6.47. The average Bonchev–Trinajstić information content (AvgIpc) is 2.72. The molecule has 2 rings (SSSR count). The lowest BCUT2D eigenvalue weighted by molar-refractivity contribution is 0.0771. The minimum absolute atomic E-state index is 0.687. The van der Waals surface area contributed by atoms with Gasteiger partial charge in [-0.2, -0.15) is 0 Å². The van der Waals surface area contributed by atoms with Crippen LogP contribution in [-0.2, 0) is 4.74 Å². The molecule has 0 spiro atoms. The van der Waals surface area contributed by atoms with Crippen LogP contribution in [0.25, 0.3) is 0 Å². The molecule has 2 saturated heterocycles. The summed E-state index contributed by atoms with van der Waals surface area (Å²) in [4.78, 5) is 2.66. The van der Waals surface area contributed by atoms with Crippen molar-refractivity contribution in [3.63, 3.8) is 0 Å². The van der Waals surface area contributed by atoms with Crippen LogP contribution < -0.4 is 5.73 Å². The fraction of sp³-hybridized carbons (Fsp3) is 1.00. The van der Waals surface area contributed by atoms with Gasteiger partial charge >= 0.3 is 0 Å². The SMILES string of the molecule is NCCC1CCCCN1C1CCOC1. The molecule has 2 unspecified atom stereocenters. The Labute approximate surface area is 86.6 Å². The van der Waals surface area contributed by atoms with Crippen molar-refractivity contribution in [3.8, 4) is 0 Å². The molecule has 0 bridgehead atoms. The Morgan fingerprint density at radius 3 is 2.93 bits per heavy atom. The molecule has 2 aliphatic rings. The van der Waals surface area contributed by atoms with E-state index in [4.69, 9.17) is 10.5 Å². The maximum Gasteiger partial charge on any atom is 0.0622 e. The fourth-order valence-corrected chi connectivity index (χ4v) is 2.79. The number of hydrogen-bond acceptors (Lipinski definition) is 3. The van der Waals surface area contributed by atoms with Gasteiger partial charge in [-0.05, 0) is 38.8 Å². The summed E-state index contributed by atoms with van der Waals surface area (Å²) in [5, 5.41) is 0. The first-order chi connectivity index (χ1) is 6.92. The van der Waals surface area contributed by atoms with Gasteiger partial charge in [0.1, 0.15) is 0 Å². The number of nitrogens with zero attached hydrogens (tertiary/aromatic N) is 1. The molecule has 3 heteroatoms. The second-order valence-electron chi connectivity index (χ2n) is 4.48. The Kier molecular flexibility index (Phi) is 3.79. The molecule has 0 aliphatic carbocycles. The summed E-state index contributed by atoms with van der Waals surface area (Å²) < 4.78 is 5.46. The third-order valence-electron chi connectivity index (χ3n) is 3.55. The Bertz CT molecular complexity index is 167. The van der Waals surface area contributed by atoms with Gasteiger partial charge in [-0.15, -0.1) is 0 Å². The maximum absolute atomic E-state index is 5.66. The zero-order chi connectivity index (χ0) is 9.80. The molecule has 2 heterocycles.